The number of thiophene rings is 1. The van der Waals surface area contributed by atoms with E-state index in [1.54, 1.807) is 11.3 Å². The van der Waals surface area contributed by atoms with Crippen molar-refractivity contribution in [2.24, 2.45) is 0 Å². The lowest BCUT2D eigenvalue weighted by Gasteiger charge is -2.27. The normalized spacial score (nSPS) is 16.1. The zero-order valence-electron chi connectivity index (χ0n) is 9.37. The third-order valence-corrected chi connectivity index (χ3v) is 3.44. The van der Waals surface area contributed by atoms with Crippen LogP contribution in [0.3, 0.4) is 0 Å². The summed E-state index contributed by atoms with van der Waals surface area (Å²) in [4.78, 5) is 11.2. The van der Waals surface area contributed by atoms with Crippen molar-refractivity contribution >= 4 is 17.2 Å². The first-order valence-electron chi connectivity index (χ1n) is 5.62. The van der Waals surface area contributed by atoms with Gasteiger partial charge >= 0.3 is 0 Å². The second-order valence-corrected chi connectivity index (χ2v) is 4.63. The molecule has 4 nitrogen and oxygen atoms in total. The first-order chi connectivity index (χ1) is 8.43. The number of aromatic nitrogens is 2. The van der Waals surface area contributed by atoms with Crippen LogP contribution in [0.2, 0.25) is 0 Å². The van der Waals surface area contributed by atoms with E-state index in [1.807, 2.05) is 23.7 Å². The molecule has 1 aliphatic heterocycles. The summed E-state index contributed by atoms with van der Waals surface area (Å²) in [7, 11) is 0. The Bertz CT molecular complexity index is 480. The van der Waals surface area contributed by atoms with Gasteiger partial charge in [-0.2, -0.15) is 11.3 Å². The van der Waals surface area contributed by atoms with Crippen LogP contribution in [0.5, 0.6) is 0 Å². The molecule has 0 N–H and O–H groups in total. The first kappa shape index (κ1) is 10.7. The summed E-state index contributed by atoms with van der Waals surface area (Å²) in [5.41, 5.74) is 1.09. The highest BCUT2D eigenvalue weighted by Gasteiger charge is 2.13. The van der Waals surface area contributed by atoms with Crippen LogP contribution in [0.1, 0.15) is 0 Å². The number of nitrogens with zero attached hydrogens (tertiary/aromatic N) is 3. The summed E-state index contributed by atoms with van der Waals surface area (Å²) in [6.45, 7) is 3.36. The van der Waals surface area contributed by atoms with Gasteiger partial charge in [0.05, 0.1) is 13.2 Å². The molecule has 0 bridgehead atoms. The van der Waals surface area contributed by atoms with E-state index < -0.39 is 0 Å². The maximum absolute atomic E-state index is 5.34. The van der Waals surface area contributed by atoms with Crippen molar-refractivity contribution in [3.05, 3.63) is 29.1 Å². The Morgan fingerprint density at radius 3 is 2.88 bits per heavy atom. The number of ether oxygens (including phenoxy) is 1. The Kier molecular flexibility index (Phi) is 3.02. The van der Waals surface area contributed by atoms with Crippen LogP contribution in [0.15, 0.2) is 29.1 Å². The molecule has 0 radical (unpaired) electrons. The van der Waals surface area contributed by atoms with Gasteiger partial charge in [-0.3, -0.25) is 0 Å². The molecule has 88 valence electrons. The summed E-state index contributed by atoms with van der Waals surface area (Å²) in [6.07, 6.45) is 1.82. The van der Waals surface area contributed by atoms with Gasteiger partial charge in [0.15, 0.2) is 5.82 Å². The molecule has 3 heterocycles. The van der Waals surface area contributed by atoms with Gasteiger partial charge in [-0.25, -0.2) is 9.97 Å². The second kappa shape index (κ2) is 4.81. The fourth-order valence-electron chi connectivity index (χ4n) is 1.85. The van der Waals surface area contributed by atoms with E-state index in [4.69, 9.17) is 4.74 Å². The van der Waals surface area contributed by atoms with Crippen molar-refractivity contribution in [1.29, 1.82) is 0 Å². The molecule has 2 aromatic heterocycles. The lowest BCUT2D eigenvalue weighted by Crippen LogP contribution is -2.36. The number of rotatable bonds is 2. The van der Waals surface area contributed by atoms with Crippen LogP contribution in [-0.2, 0) is 4.74 Å². The molecule has 0 aliphatic carbocycles. The van der Waals surface area contributed by atoms with Crippen molar-refractivity contribution in [1.82, 2.24) is 9.97 Å². The number of morpholine rings is 1. The van der Waals surface area contributed by atoms with E-state index in [0.717, 1.165) is 43.5 Å². The van der Waals surface area contributed by atoms with Crippen LogP contribution in [0, 0.1) is 0 Å². The van der Waals surface area contributed by atoms with E-state index >= 15 is 0 Å². The topological polar surface area (TPSA) is 38.2 Å². The molecule has 0 amide bonds. The molecular formula is C12H13N3OS. The average molecular weight is 247 g/mol. The largest absolute Gasteiger partial charge is 0.378 e. The van der Waals surface area contributed by atoms with Gasteiger partial charge in [0.25, 0.3) is 0 Å². The SMILES string of the molecule is c1cc(N2CCOCC2)nc(-c2ccsc2)n1. The van der Waals surface area contributed by atoms with Crippen LogP contribution < -0.4 is 4.90 Å². The molecule has 1 saturated heterocycles. The predicted molar refractivity (Wildman–Crippen MR) is 68.4 cm³/mol. The fourth-order valence-corrected chi connectivity index (χ4v) is 2.48. The summed E-state index contributed by atoms with van der Waals surface area (Å²) >= 11 is 1.66. The van der Waals surface area contributed by atoms with Crippen LogP contribution in [0.25, 0.3) is 11.4 Å². The molecule has 0 atom stereocenters. The van der Waals surface area contributed by atoms with Gasteiger partial charge in [0.2, 0.25) is 0 Å². The van der Waals surface area contributed by atoms with Gasteiger partial charge in [0, 0.05) is 30.2 Å². The molecule has 0 unspecified atom stereocenters. The van der Waals surface area contributed by atoms with E-state index in [9.17, 15) is 0 Å². The Labute approximate surface area is 104 Å². The summed E-state index contributed by atoms with van der Waals surface area (Å²) in [5.74, 6) is 1.79. The quantitative estimate of drug-likeness (QED) is 0.814. The van der Waals surface area contributed by atoms with Crippen molar-refractivity contribution in [2.75, 3.05) is 31.2 Å². The van der Waals surface area contributed by atoms with Gasteiger partial charge in [-0.15, -0.1) is 0 Å². The van der Waals surface area contributed by atoms with Crippen molar-refractivity contribution in [2.45, 2.75) is 0 Å². The molecule has 5 heteroatoms. The van der Waals surface area contributed by atoms with Crippen LogP contribution in [-0.4, -0.2) is 36.3 Å². The van der Waals surface area contributed by atoms with Crippen molar-refractivity contribution in [3.63, 3.8) is 0 Å². The van der Waals surface area contributed by atoms with Crippen LogP contribution >= 0.6 is 11.3 Å². The minimum Gasteiger partial charge on any atom is -0.378 e. The molecule has 0 spiro atoms. The maximum Gasteiger partial charge on any atom is 0.162 e. The third-order valence-electron chi connectivity index (χ3n) is 2.76. The van der Waals surface area contributed by atoms with Gasteiger partial charge < -0.3 is 9.64 Å². The number of hydrogen-bond donors (Lipinski definition) is 0. The molecule has 17 heavy (non-hydrogen) atoms. The molecule has 0 aromatic carbocycles. The van der Waals surface area contributed by atoms with Gasteiger partial charge in [-0.05, 0) is 17.5 Å². The van der Waals surface area contributed by atoms with Crippen molar-refractivity contribution < 1.29 is 4.74 Å². The average Bonchev–Trinajstić information content (AvgIpc) is 2.94. The zero-order valence-corrected chi connectivity index (χ0v) is 10.2. The fraction of sp³-hybridized carbons (Fsp3) is 0.333. The maximum atomic E-state index is 5.34. The number of anilines is 1. The first-order valence-corrected chi connectivity index (χ1v) is 6.56. The minimum absolute atomic E-state index is 0.776. The predicted octanol–water partition coefficient (Wildman–Crippen LogP) is 2.04. The molecule has 1 aliphatic rings. The van der Waals surface area contributed by atoms with Gasteiger partial charge in [0.1, 0.15) is 5.82 Å². The van der Waals surface area contributed by atoms with Gasteiger partial charge in [-0.1, -0.05) is 0 Å². The highest BCUT2D eigenvalue weighted by atomic mass is 32.1. The summed E-state index contributed by atoms with van der Waals surface area (Å²) in [6, 6.07) is 4.00. The Balaban J connectivity index is 1.88. The highest BCUT2D eigenvalue weighted by molar-refractivity contribution is 7.08. The molecule has 2 aromatic rings. The van der Waals surface area contributed by atoms with E-state index in [0.29, 0.717) is 0 Å². The Morgan fingerprint density at radius 2 is 2.12 bits per heavy atom. The number of hydrogen-bond acceptors (Lipinski definition) is 5. The van der Waals surface area contributed by atoms with E-state index in [-0.39, 0.29) is 0 Å². The van der Waals surface area contributed by atoms with Crippen molar-refractivity contribution in [3.8, 4) is 11.4 Å². The molecule has 3 rings (SSSR count). The Hall–Kier alpha value is -1.46. The smallest absolute Gasteiger partial charge is 0.162 e. The monoisotopic (exact) mass is 247 g/mol. The molecular weight excluding hydrogens is 234 g/mol. The highest BCUT2D eigenvalue weighted by Crippen LogP contribution is 2.20. The molecule has 0 saturated carbocycles. The second-order valence-electron chi connectivity index (χ2n) is 3.85. The lowest BCUT2D eigenvalue weighted by atomic mass is 10.3. The Morgan fingerprint density at radius 1 is 1.24 bits per heavy atom. The van der Waals surface area contributed by atoms with E-state index in [2.05, 4.69) is 20.2 Å². The van der Waals surface area contributed by atoms with Crippen LogP contribution in [0.4, 0.5) is 5.82 Å². The summed E-state index contributed by atoms with van der Waals surface area (Å²) in [5, 5.41) is 4.11. The standard InChI is InChI=1S/C12H13N3OS/c1-3-13-12(10-2-8-17-9-10)14-11(1)15-4-6-16-7-5-15/h1-3,8-9H,4-7H2. The lowest BCUT2D eigenvalue weighted by molar-refractivity contribution is 0.122. The summed E-state index contributed by atoms with van der Waals surface area (Å²) < 4.78 is 5.34. The zero-order chi connectivity index (χ0) is 11.5. The molecule has 1 fully saturated rings. The third kappa shape index (κ3) is 2.30. The minimum atomic E-state index is 0.776. The van der Waals surface area contributed by atoms with E-state index in [1.165, 1.54) is 0 Å².